The number of amides is 1. The predicted molar refractivity (Wildman–Crippen MR) is 115 cm³/mol. The Morgan fingerprint density at radius 2 is 1.48 bits per heavy atom. The molecular formula is C22H26FNO6S. The molecular weight excluding hydrogens is 425 g/mol. The maximum Gasteiger partial charge on any atom is 0.348 e. The average Bonchev–Trinajstić information content (AvgIpc) is 2.98. The van der Waals surface area contributed by atoms with Gasteiger partial charge in [0.25, 0.3) is 5.91 Å². The van der Waals surface area contributed by atoms with Crippen LogP contribution in [0.3, 0.4) is 0 Å². The van der Waals surface area contributed by atoms with Gasteiger partial charge in [-0.2, -0.15) is 0 Å². The van der Waals surface area contributed by atoms with Crippen LogP contribution in [0, 0.1) is 12.7 Å². The lowest BCUT2D eigenvalue weighted by Gasteiger charge is -2.15. The van der Waals surface area contributed by atoms with E-state index in [2.05, 4.69) is 5.32 Å². The summed E-state index contributed by atoms with van der Waals surface area (Å²) in [6.45, 7) is 9.93. The summed E-state index contributed by atoms with van der Waals surface area (Å²) in [5.41, 5.74) is 0.459. The minimum Gasteiger partial charge on any atom is -0.481 e. The van der Waals surface area contributed by atoms with Gasteiger partial charge < -0.3 is 19.5 Å². The smallest absolute Gasteiger partial charge is 0.348 e. The summed E-state index contributed by atoms with van der Waals surface area (Å²) in [7, 11) is 0. The fourth-order valence-corrected chi connectivity index (χ4v) is 3.65. The molecule has 0 aliphatic heterocycles. The number of carbonyl (C=O) groups is 3. The molecule has 168 valence electrons. The fraction of sp³-hybridized carbons (Fsp3) is 0.409. The van der Waals surface area contributed by atoms with Crippen LogP contribution in [-0.2, 0) is 14.3 Å². The number of halogens is 1. The van der Waals surface area contributed by atoms with Crippen molar-refractivity contribution < 1.29 is 33.0 Å². The lowest BCUT2D eigenvalue weighted by atomic mass is 10.1. The Morgan fingerprint density at radius 3 is 2.03 bits per heavy atom. The van der Waals surface area contributed by atoms with Gasteiger partial charge in [-0.1, -0.05) is 0 Å². The summed E-state index contributed by atoms with van der Waals surface area (Å²) in [5.74, 6) is -1.91. The standard InChI is InChI=1S/C22H26FNO6S/c1-11(2)28-21(26)17-13(5)18(22(27)29-12(3)4)31-20(17)24-19(25)14(6)30-16-9-7-15(23)8-10-16/h7-12,14H,1-6H3,(H,24,25). The number of carbonyl (C=O) groups excluding carboxylic acids is 3. The van der Waals surface area contributed by atoms with E-state index in [1.54, 1.807) is 34.6 Å². The number of thiophene rings is 1. The van der Waals surface area contributed by atoms with Gasteiger partial charge in [0.15, 0.2) is 6.10 Å². The number of benzene rings is 1. The molecule has 1 amide bonds. The first-order valence-electron chi connectivity index (χ1n) is 9.78. The van der Waals surface area contributed by atoms with Crippen molar-refractivity contribution in [1.82, 2.24) is 0 Å². The van der Waals surface area contributed by atoms with Gasteiger partial charge in [0.1, 0.15) is 21.4 Å². The van der Waals surface area contributed by atoms with Crippen LogP contribution in [0.2, 0.25) is 0 Å². The molecule has 1 aromatic carbocycles. The van der Waals surface area contributed by atoms with E-state index >= 15 is 0 Å². The van der Waals surface area contributed by atoms with Crippen LogP contribution >= 0.6 is 11.3 Å². The number of anilines is 1. The predicted octanol–water partition coefficient (Wildman–Crippen LogP) is 4.73. The number of esters is 2. The molecule has 0 saturated carbocycles. The largest absolute Gasteiger partial charge is 0.481 e. The summed E-state index contributed by atoms with van der Waals surface area (Å²) in [4.78, 5) is 38.0. The first kappa shape index (κ1) is 24.3. The Balaban J connectivity index is 2.29. The van der Waals surface area contributed by atoms with Crippen molar-refractivity contribution in [3.63, 3.8) is 0 Å². The minimum atomic E-state index is -0.951. The third kappa shape index (κ3) is 6.52. The Morgan fingerprint density at radius 1 is 0.935 bits per heavy atom. The SMILES string of the molecule is Cc1c(C(=O)OC(C)C)sc(NC(=O)C(C)Oc2ccc(F)cc2)c1C(=O)OC(C)C. The van der Waals surface area contributed by atoms with Crippen LogP contribution < -0.4 is 10.1 Å². The Hall–Kier alpha value is -2.94. The zero-order valence-corrected chi connectivity index (χ0v) is 19.1. The molecule has 0 spiro atoms. The molecule has 9 heteroatoms. The maximum absolute atomic E-state index is 13.1. The quantitative estimate of drug-likeness (QED) is 0.584. The molecule has 2 rings (SSSR count). The molecule has 7 nitrogen and oxygen atoms in total. The second kappa shape index (κ2) is 10.4. The van der Waals surface area contributed by atoms with Crippen LogP contribution in [0.5, 0.6) is 5.75 Å². The molecule has 0 bridgehead atoms. The Kier molecular flexibility index (Phi) is 8.15. The van der Waals surface area contributed by atoms with E-state index in [-0.39, 0.29) is 27.6 Å². The minimum absolute atomic E-state index is 0.0942. The molecule has 0 fully saturated rings. The van der Waals surface area contributed by atoms with Gasteiger partial charge in [0.2, 0.25) is 0 Å². The Labute approximate surface area is 184 Å². The van der Waals surface area contributed by atoms with Crippen LogP contribution in [0.4, 0.5) is 9.39 Å². The highest BCUT2D eigenvalue weighted by molar-refractivity contribution is 7.18. The van der Waals surface area contributed by atoms with Crippen LogP contribution in [0.25, 0.3) is 0 Å². The van der Waals surface area contributed by atoms with E-state index < -0.39 is 29.8 Å². The Bertz CT molecular complexity index is 952. The molecule has 0 saturated heterocycles. The lowest BCUT2D eigenvalue weighted by molar-refractivity contribution is -0.122. The first-order valence-corrected chi connectivity index (χ1v) is 10.6. The van der Waals surface area contributed by atoms with Gasteiger partial charge in [0.05, 0.1) is 17.8 Å². The van der Waals surface area contributed by atoms with Crippen LogP contribution in [-0.4, -0.2) is 36.2 Å². The van der Waals surface area contributed by atoms with E-state index in [9.17, 15) is 18.8 Å². The molecule has 2 aromatic rings. The van der Waals surface area contributed by atoms with Crippen molar-refractivity contribution >= 4 is 34.2 Å². The first-order chi connectivity index (χ1) is 14.5. The highest BCUT2D eigenvalue weighted by atomic mass is 32.1. The van der Waals surface area contributed by atoms with E-state index in [0.29, 0.717) is 11.3 Å². The highest BCUT2D eigenvalue weighted by Gasteiger charge is 2.29. The monoisotopic (exact) mass is 451 g/mol. The molecule has 0 aliphatic rings. The molecule has 1 N–H and O–H groups in total. The second-order valence-corrected chi connectivity index (χ2v) is 8.39. The summed E-state index contributed by atoms with van der Waals surface area (Å²) >= 11 is 0.933. The van der Waals surface area contributed by atoms with Crippen molar-refractivity contribution in [3.8, 4) is 5.75 Å². The summed E-state index contributed by atoms with van der Waals surface area (Å²) in [6, 6.07) is 5.24. The van der Waals surface area contributed by atoms with Crippen LogP contribution in [0.1, 0.15) is 60.2 Å². The van der Waals surface area contributed by atoms with Gasteiger partial charge in [-0.25, -0.2) is 14.0 Å². The van der Waals surface area contributed by atoms with Crippen molar-refractivity contribution in [2.45, 2.75) is 59.9 Å². The molecule has 1 heterocycles. The molecule has 0 radical (unpaired) electrons. The average molecular weight is 452 g/mol. The third-order valence-corrected chi connectivity index (χ3v) is 5.14. The van der Waals surface area contributed by atoms with E-state index in [0.717, 1.165) is 11.3 Å². The zero-order valence-electron chi connectivity index (χ0n) is 18.3. The summed E-state index contributed by atoms with van der Waals surface area (Å²) in [5, 5.41) is 2.80. The van der Waals surface area contributed by atoms with E-state index in [4.69, 9.17) is 14.2 Å². The zero-order chi connectivity index (χ0) is 23.3. The third-order valence-electron chi connectivity index (χ3n) is 3.95. The van der Waals surface area contributed by atoms with Gasteiger partial charge in [-0.3, -0.25) is 4.79 Å². The van der Waals surface area contributed by atoms with Crippen molar-refractivity contribution in [3.05, 3.63) is 46.1 Å². The maximum atomic E-state index is 13.1. The van der Waals surface area contributed by atoms with E-state index in [1.165, 1.54) is 31.2 Å². The molecule has 1 atom stereocenters. The van der Waals surface area contributed by atoms with E-state index in [1.807, 2.05) is 0 Å². The highest BCUT2D eigenvalue weighted by Crippen LogP contribution is 2.35. The van der Waals surface area contributed by atoms with Gasteiger partial charge >= 0.3 is 11.9 Å². The molecule has 31 heavy (non-hydrogen) atoms. The molecule has 0 aliphatic carbocycles. The summed E-state index contributed by atoms with van der Waals surface area (Å²) < 4.78 is 29.1. The number of ether oxygens (including phenoxy) is 3. The van der Waals surface area contributed by atoms with Crippen LogP contribution in [0.15, 0.2) is 24.3 Å². The van der Waals surface area contributed by atoms with Crippen molar-refractivity contribution in [2.75, 3.05) is 5.32 Å². The fourth-order valence-electron chi connectivity index (χ4n) is 2.57. The summed E-state index contributed by atoms with van der Waals surface area (Å²) in [6.07, 6.45) is -1.68. The van der Waals surface area contributed by atoms with Crippen molar-refractivity contribution in [1.29, 1.82) is 0 Å². The number of hydrogen-bond donors (Lipinski definition) is 1. The molecule has 1 aromatic heterocycles. The number of hydrogen-bond acceptors (Lipinski definition) is 7. The topological polar surface area (TPSA) is 90.9 Å². The second-order valence-electron chi connectivity index (χ2n) is 7.37. The van der Waals surface area contributed by atoms with Gasteiger partial charge in [-0.15, -0.1) is 11.3 Å². The van der Waals surface area contributed by atoms with Crippen molar-refractivity contribution in [2.24, 2.45) is 0 Å². The van der Waals surface area contributed by atoms with Gasteiger partial charge in [-0.05, 0) is 71.4 Å². The number of rotatable bonds is 8. The molecule has 1 unspecified atom stereocenters. The lowest BCUT2D eigenvalue weighted by Crippen LogP contribution is -2.30. The normalized spacial score (nSPS) is 11.9. The van der Waals surface area contributed by atoms with Gasteiger partial charge in [0, 0.05) is 0 Å². The number of nitrogens with one attached hydrogen (secondary N) is 1.